The fourth-order valence-corrected chi connectivity index (χ4v) is 3.52. The van der Waals surface area contributed by atoms with Gasteiger partial charge in [0.2, 0.25) is 0 Å². The second-order valence-electron chi connectivity index (χ2n) is 5.35. The molecule has 22 heavy (non-hydrogen) atoms. The summed E-state index contributed by atoms with van der Waals surface area (Å²) in [7, 11) is -3.78. The van der Waals surface area contributed by atoms with Crippen LogP contribution in [0, 0.1) is 0 Å². The Bertz CT molecular complexity index is 592. The highest BCUT2D eigenvalue weighted by molar-refractivity contribution is 7.89. The van der Waals surface area contributed by atoms with Crippen LogP contribution in [-0.2, 0) is 14.8 Å². The highest BCUT2D eigenvalue weighted by Gasteiger charge is 2.18. The van der Waals surface area contributed by atoms with Gasteiger partial charge in [-0.25, -0.2) is 18.6 Å². The van der Waals surface area contributed by atoms with Crippen molar-refractivity contribution in [2.45, 2.75) is 49.8 Å². The molecular formula is C15H22N2O4S. The minimum atomic E-state index is -3.78. The Labute approximate surface area is 131 Å². The molecular weight excluding hydrogens is 304 g/mol. The number of amides is 1. The maximum atomic E-state index is 12.0. The highest BCUT2D eigenvalue weighted by atomic mass is 32.2. The molecule has 2 rings (SSSR count). The average Bonchev–Trinajstić information content (AvgIpc) is 2.54. The number of hydrazine groups is 1. The van der Waals surface area contributed by atoms with Crippen molar-refractivity contribution in [1.29, 1.82) is 0 Å². The molecule has 0 heterocycles. The molecule has 0 atom stereocenters. The third-order valence-corrected chi connectivity index (χ3v) is 5.09. The molecule has 1 amide bonds. The number of rotatable bonds is 5. The molecule has 6 nitrogen and oxygen atoms in total. The summed E-state index contributed by atoms with van der Waals surface area (Å²) in [5, 5.41) is 0. The lowest BCUT2D eigenvalue weighted by atomic mass is 9.84. The number of hydrogen-bond acceptors (Lipinski definition) is 4. The summed E-state index contributed by atoms with van der Waals surface area (Å²) in [6, 6.07) is 6.85. The third kappa shape index (κ3) is 4.45. The number of benzene rings is 1. The Kier molecular flexibility index (Phi) is 5.79. The molecule has 2 N–H and O–H groups in total. The largest absolute Gasteiger partial charge is 0.449 e. The van der Waals surface area contributed by atoms with Gasteiger partial charge in [0.25, 0.3) is 10.0 Å². The van der Waals surface area contributed by atoms with E-state index in [0.717, 1.165) is 12.8 Å². The lowest BCUT2D eigenvalue weighted by Gasteiger charge is -2.22. The molecule has 122 valence electrons. The Morgan fingerprint density at radius 2 is 1.82 bits per heavy atom. The molecule has 1 aliphatic carbocycles. The minimum absolute atomic E-state index is 0.115. The molecule has 1 aromatic rings. The minimum Gasteiger partial charge on any atom is -0.449 e. The van der Waals surface area contributed by atoms with Crippen molar-refractivity contribution in [2.24, 2.45) is 0 Å². The molecule has 0 aromatic heterocycles. The van der Waals surface area contributed by atoms with Crippen LogP contribution in [0.15, 0.2) is 29.2 Å². The van der Waals surface area contributed by atoms with Gasteiger partial charge in [0.1, 0.15) is 0 Å². The van der Waals surface area contributed by atoms with Crippen molar-refractivity contribution in [3.8, 4) is 0 Å². The number of carbonyl (C=O) groups is 1. The Balaban J connectivity index is 2.00. The molecule has 1 saturated carbocycles. The van der Waals surface area contributed by atoms with Crippen molar-refractivity contribution < 1.29 is 17.9 Å². The van der Waals surface area contributed by atoms with Crippen LogP contribution < -0.4 is 10.3 Å². The van der Waals surface area contributed by atoms with E-state index < -0.39 is 16.1 Å². The van der Waals surface area contributed by atoms with Gasteiger partial charge < -0.3 is 4.74 Å². The highest BCUT2D eigenvalue weighted by Crippen LogP contribution is 2.32. The molecule has 0 unspecified atom stereocenters. The van der Waals surface area contributed by atoms with Gasteiger partial charge in [-0.15, -0.1) is 4.83 Å². The Hall–Kier alpha value is -1.60. The van der Waals surface area contributed by atoms with Gasteiger partial charge in [0, 0.05) is 0 Å². The first-order chi connectivity index (χ1) is 10.5. The molecule has 0 saturated heterocycles. The summed E-state index contributed by atoms with van der Waals surface area (Å²) >= 11 is 0. The molecule has 1 aliphatic rings. The van der Waals surface area contributed by atoms with Gasteiger partial charge in [0.15, 0.2) is 0 Å². The monoisotopic (exact) mass is 326 g/mol. The molecule has 1 aromatic carbocycles. The first-order valence-electron chi connectivity index (χ1n) is 7.57. The number of sulfonamides is 1. The molecule has 0 bridgehead atoms. The summed E-state index contributed by atoms with van der Waals surface area (Å²) in [5.41, 5.74) is 3.18. The van der Waals surface area contributed by atoms with E-state index in [1.165, 1.54) is 24.8 Å². The second-order valence-corrected chi connectivity index (χ2v) is 7.04. The first kappa shape index (κ1) is 16.8. The van der Waals surface area contributed by atoms with E-state index >= 15 is 0 Å². The fourth-order valence-electron chi connectivity index (χ4n) is 2.69. The van der Waals surface area contributed by atoms with E-state index in [1.807, 2.05) is 22.4 Å². The van der Waals surface area contributed by atoms with Crippen molar-refractivity contribution in [3.63, 3.8) is 0 Å². The smallest absolute Gasteiger partial charge is 0.422 e. The van der Waals surface area contributed by atoms with Crippen LogP contribution in [0.2, 0.25) is 0 Å². The van der Waals surface area contributed by atoms with Crippen LogP contribution in [0.1, 0.15) is 50.5 Å². The zero-order chi connectivity index (χ0) is 16.0. The first-order valence-corrected chi connectivity index (χ1v) is 9.06. The van der Waals surface area contributed by atoms with Crippen LogP contribution >= 0.6 is 0 Å². The van der Waals surface area contributed by atoms with Crippen LogP contribution in [0.5, 0.6) is 0 Å². The molecule has 0 spiro atoms. The summed E-state index contributed by atoms with van der Waals surface area (Å²) in [4.78, 5) is 13.2. The van der Waals surface area contributed by atoms with Crippen molar-refractivity contribution >= 4 is 16.1 Å². The Morgan fingerprint density at radius 1 is 1.18 bits per heavy atom. The van der Waals surface area contributed by atoms with Gasteiger partial charge in [-0.2, -0.15) is 0 Å². The summed E-state index contributed by atoms with van der Waals surface area (Å²) in [6.45, 7) is 1.81. The molecule has 1 fully saturated rings. The van der Waals surface area contributed by atoms with Gasteiger partial charge in [-0.3, -0.25) is 0 Å². The van der Waals surface area contributed by atoms with Crippen LogP contribution in [0.25, 0.3) is 0 Å². The van der Waals surface area contributed by atoms with Crippen LogP contribution in [-0.4, -0.2) is 21.1 Å². The van der Waals surface area contributed by atoms with Crippen molar-refractivity contribution in [2.75, 3.05) is 6.61 Å². The SMILES string of the molecule is CCOC(=O)NNS(=O)(=O)c1ccc(C2CCCCC2)cc1. The standard InChI is InChI=1S/C15H22N2O4S/c1-2-21-15(18)16-17-22(19,20)14-10-8-13(9-11-14)12-6-4-3-5-7-12/h8-12,17H,2-7H2,1H3,(H,16,18). The lowest BCUT2D eigenvalue weighted by Crippen LogP contribution is -2.41. The number of carbonyl (C=O) groups excluding carboxylic acids is 1. The van der Waals surface area contributed by atoms with Gasteiger partial charge in [0.05, 0.1) is 11.5 Å². The molecule has 0 radical (unpaired) electrons. The lowest BCUT2D eigenvalue weighted by molar-refractivity contribution is 0.150. The molecule has 7 heteroatoms. The number of hydrogen-bond donors (Lipinski definition) is 2. The fraction of sp³-hybridized carbons (Fsp3) is 0.533. The zero-order valence-corrected chi connectivity index (χ0v) is 13.5. The van der Waals surface area contributed by atoms with E-state index in [-0.39, 0.29) is 11.5 Å². The maximum Gasteiger partial charge on any atom is 0.422 e. The average molecular weight is 326 g/mol. The third-order valence-electron chi connectivity index (χ3n) is 3.83. The van der Waals surface area contributed by atoms with Crippen LogP contribution in [0.4, 0.5) is 4.79 Å². The van der Waals surface area contributed by atoms with Crippen molar-refractivity contribution in [3.05, 3.63) is 29.8 Å². The second kappa shape index (κ2) is 7.60. The number of nitrogens with one attached hydrogen (secondary N) is 2. The molecule has 0 aliphatic heterocycles. The van der Waals surface area contributed by atoms with E-state index in [1.54, 1.807) is 19.1 Å². The van der Waals surface area contributed by atoms with Crippen LogP contribution in [0.3, 0.4) is 0 Å². The topological polar surface area (TPSA) is 84.5 Å². The summed E-state index contributed by atoms with van der Waals surface area (Å²) < 4.78 is 28.7. The zero-order valence-electron chi connectivity index (χ0n) is 12.7. The van der Waals surface area contributed by atoms with Crippen molar-refractivity contribution in [1.82, 2.24) is 10.3 Å². The van der Waals surface area contributed by atoms with Gasteiger partial charge in [-0.1, -0.05) is 31.4 Å². The predicted molar refractivity (Wildman–Crippen MR) is 82.7 cm³/mol. The number of ether oxygens (including phenoxy) is 1. The van der Waals surface area contributed by atoms with E-state index in [2.05, 4.69) is 4.74 Å². The maximum absolute atomic E-state index is 12.0. The van der Waals surface area contributed by atoms with Gasteiger partial charge in [-0.05, 0) is 43.4 Å². The summed E-state index contributed by atoms with van der Waals surface area (Å²) in [5.74, 6) is 0.524. The quantitative estimate of drug-likeness (QED) is 0.815. The van der Waals surface area contributed by atoms with E-state index in [9.17, 15) is 13.2 Å². The normalized spacial score (nSPS) is 16.2. The Morgan fingerprint density at radius 3 is 2.41 bits per heavy atom. The predicted octanol–water partition coefficient (Wildman–Crippen LogP) is 2.67. The summed E-state index contributed by atoms with van der Waals surface area (Å²) in [6.07, 6.45) is 5.24. The van der Waals surface area contributed by atoms with Gasteiger partial charge >= 0.3 is 6.09 Å². The van der Waals surface area contributed by atoms with E-state index in [4.69, 9.17) is 0 Å². The van der Waals surface area contributed by atoms with E-state index in [0.29, 0.717) is 5.92 Å².